The van der Waals surface area contributed by atoms with E-state index in [0.29, 0.717) is 5.69 Å². The number of hydrogen-bond acceptors (Lipinski definition) is 3. The molecule has 1 heterocycles. The number of rotatable bonds is 3. The first-order valence-corrected chi connectivity index (χ1v) is 9.74. The summed E-state index contributed by atoms with van der Waals surface area (Å²) in [5, 5.41) is 4.47. The molecule has 29 heavy (non-hydrogen) atoms. The molecule has 0 atom stereocenters. The van der Waals surface area contributed by atoms with Gasteiger partial charge in [0.25, 0.3) is 5.91 Å². The van der Waals surface area contributed by atoms with Gasteiger partial charge in [0.05, 0.1) is 10.6 Å². The first kappa shape index (κ1) is 21.0. The van der Waals surface area contributed by atoms with Crippen LogP contribution in [0.3, 0.4) is 0 Å². The zero-order valence-electron chi connectivity index (χ0n) is 15.5. The van der Waals surface area contributed by atoms with E-state index in [-0.39, 0.29) is 10.8 Å². The summed E-state index contributed by atoms with van der Waals surface area (Å²) in [4.78, 5) is 28.7. The number of halogens is 3. The molecule has 0 radical (unpaired) electrons. The van der Waals surface area contributed by atoms with E-state index < -0.39 is 23.3 Å². The van der Waals surface area contributed by atoms with E-state index >= 15 is 0 Å². The minimum Gasteiger partial charge on any atom is -0.292 e. The normalized spacial score (nSPS) is 10.5. The molecule has 0 bridgehead atoms. The highest BCUT2D eigenvalue weighted by Gasteiger charge is 2.19. The first-order chi connectivity index (χ1) is 13.8. The van der Waals surface area contributed by atoms with Crippen molar-refractivity contribution in [2.24, 2.45) is 0 Å². The van der Waals surface area contributed by atoms with Gasteiger partial charge in [-0.3, -0.25) is 15.4 Å². The van der Waals surface area contributed by atoms with Gasteiger partial charge in [0.2, 0.25) is 0 Å². The molecule has 3 aromatic rings. The average molecular weight is 477 g/mol. The molecule has 0 unspecified atom stereocenters. The SMILES string of the molecule is Cc1cc(NC(=O)NC(=O)c2c(F)cccc2Cl)nc(C)c1-c1ccc(Br)cc1. The van der Waals surface area contributed by atoms with Gasteiger partial charge in [-0.15, -0.1) is 0 Å². The summed E-state index contributed by atoms with van der Waals surface area (Å²) < 4.78 is 14.8. The second-order valence-corrected chi connectivity index (χ2v) is 7.62. The summed E-state index contributed by atoms with van der Waals surface area (Å²) in [6.07, 6.45) is 0. The molecular weight excluding hydrogens is 461 g/mol. The number of carbonyl (C=O) groups is 2. The molecule has 0 fully saturated rings. The maximum Gasteiger partial charge on any atom is 0.327 e. The van der Waals surface area contributed by atoms with E-state index in [1.807, 2.05) is 38.1 Å². The molecule has 2 aromatic carbocycles. The highest BCUT2D eigenvalue weighted by atomic mass is 79.9. The smallest absolute Gasteiger partial charge is 0.292 e. The van der Waals surface area contributed by atoms with E-state index in [1.54, 1.807) is 6.07 Å². The van der Waals surface area contributed by atoms with Gasteiger partial charge in [0.1, 0.15) is 11.6 Å². The molecule has 2 N–H and O–H groups in total. The van der Waals surface area contributed by atoms with Crippen molar-refractivity contribution < 1.29 is 14.0 Å². The number of amides is 3. The van der Waals surface area contributed by atoms with Crippen molar-refractivity contribution in [1.82, 2.24) is 10.3 Å². The molecule has 0 aliphatic carbocycles. The molecule has 3 amide bonds. The van der Waals surface area contributed by atoms with Gasteiger partial charge in [-0.1, -0.05) is 45.7 Å². The number of aryl methyl sites for hydroxylation is 2. The van der Waals surface area contributed by atoms with Gasteiger partial charge in [0.15, 0.2) is 0 Å². The summed E-state index contributed by atoms with van der Waals surface area (Å²) in [7, 11) is 0. The molecule has 0 saturated heterocycles. The lowest BCUT2D eigenvalue weighted by atomic mass is 9.99. The van der Waals surface area contributed by atoms with Gasteiger partial charge in [-0.05, 0) is 55.3 Å². The summed E-state index contributed by atoms with van der Waals surface area (Å²) in [6.45, 7) is 3.73. The minimum absolute atomic E-state index is 0.0843. The fourth-order valence-corrected chi connectivity index (χ4v) is 3.49. The molecule has 3 rings (SSSR count). The van der Waals surface area contributed by atoms with Crippen molar-refractivity contribution in [1.29, 1.82) is 0 Å². The number of aromatic nitrogens is 1. The lowest BCUT2D eigenvalue weighted by Crippen LogP contribution is -2.35. The highest BCUT2D eigenvalue weighted by molar-refractivity contribution is 9.10. The van der Waals surface area contributed by atoms with Crippen LogP contribution in [0, 0.1) is 19.7 Å². The van der Waals surface area contributed by atoms with Crippen LogP contribution in [0.2, 0.25) is 5.02 Å². The topological polar surface area (TPSA) is 71.1 Å². The van der Waals surface area contributed by atoms with Crippen LogP contribution in [0.4, 0.5) is 15.0 Å². The average Bonchev–Trinajstić information content (AvgIpc) is 2.62. The highest BCUT2D eigenvalue weighted by Crippen LogP contribution is 2.29. The Morgan fingerprint density at radius 2 is 1.79 bits per heavy atom. The van der Waals surface area contributed by atoms with Crippen LogP contribution in [0.1, 0.15) is 21.6 Å². The summed E-state index contributed by atoms with van der Waals surface area (Å²) in [5.41, 5.74) is 3.17. The summed E-state index contributed by atoms with van der Waals surface area (Å²) in [6, 6.07) is 12.5. The molecule has 5 nitrogen and oxygen atoms in total. The van der Waals surface area contributed by atoms with E-state index in [0.717, 1.165) is 27.2 Å². The van der Waals surface area contributed by atoms with Crippen LogP contribution in [0.25, 0.3) is 11.1 Å². The van der Waals surface area contributed by atoms with Crippen molar-refractivity contribution in [2.75, 3.05) is 5.32 Å². The molecule has 1 aromatic heterocycles. The van der Waals surface area contributed by atoms with Gasteiger partial charge >= 0.3 is 6.03 Å². The van der Waals surface area contributed by atoms with Crippen molar-refractivity contribution in [3.8, 4) is 11.1 Å². The van der Waals surface area contributed by atoms with Crippen molar-refractivity contribution in [3.63, 3.8) is 0 Å². The number of pyridine rings is 1. The van der Waals surface area contributed by atoms with Crippen molar-refractivity contribution in [3.05, 3.63) is 80.7 Å². The Kier molecular flexibility index (Phi) is 6.30. The quantitative estimate of drug-likeness (QED) is 0.496. The molecule has 8 heteroatoms. The van der Waals surface area contributed by atoms with E-state index in [2.05, 4.69) is 31.5 Å². The lowest BCUT2D eigenvalue weighted by molar-refractivity contribution is 0.0963. The van der Waals surface area contributed by atoms with Crippen LogP contribution in [0.5, 0.6) is 0 Å². The van der Waals surface area contributed by atoms with Crippen molar-refractivity contribution >= 4 is 45.3 Å². The minimum atomic E-state index is -0.939. The molecule has 148 valence electrons. The molecule has 0 saturated carbocycles. The Balaban J connectivity index is 1.77. The predicted molar refractivity (Wildman–Crippen MR) is 115 cm³/mol. The van der Waals surface area contributed by atoms with Crippen molar-refractivity contribution in [2.45, 2.75) is 13.8 Å². The number of urea groups is 1. The molecule has 0 aliphatic heterocycles. The van der Waals surface area contributed by atoms with Gasteiger partial charge in [-0.2, -0.15) is 0 Å². The third kappa shape index (κ3) is 4.81. The summed E-state index contributed by atoms with van der Waals surface area (Å²) >= 11 is 9.26. The third-order valence-corrected chi connectivity index (χ3v) is 5.03. The Morgan fingerprint density at radius 3 is 2.41 bits per heavy atom. The second-order valence-electron chi connectivity index (χ2n) is 6.30. The van der Waals surface area contributed by atoms with Gasteiger partial charge in [0, 0.05) is 15.7 Å². The Labute approximate surface area is 180 Å². The maximum absolute atomic E-state index is 13.8. The van der Waals surface area contributed by atoms with Crippen LogP contribution in [0.15, 0.2) is 53.0 Å². The first-order valence-electron chi connectivity index (χ1n) is 8.57. The number of imide groups is 1. The molecular formula is C21H16BrClFN3O2. The maximum atomic E-state index is 13.8. The zero-order chi connectivity index (χ0) is 21.1. The monoisotopic (exact) mass is 475 g/mol. The third-order valence-electron chi connectivity index (χ3n) is 4.19. The Morgan fingerprint density at radius 1 is 1.10 bits per heavy atom. The number of carbonyl (C=O) groups excluding carboxylic acids is 2. The fraction of sp³-hybridized carbons (Fsp3) is 0.0952. The van der Waals surface area contributed by atoms with Crippen LogP contribution >= 0.6 is 27.5 Å². The zero-order valence-corrected chi connectivity index (χ0v) is 17.9. The molecule has 0 spiro atoms. The molecule has 0 aliphatic rings. The number of anilines is 1. The van der Waals surface area contributed by atoms with E-state index in [9.17, 15) is 14.0 Å². The lowest BCUT2D eigenvalue weighted by Gasteiger charge is -2.13. The van der Waals surface area contributed by atoms with Crippen LogP contribution < -0.4 is 10.6 Å². The van der Waals surface area contributed by atoms with E-state index in [1.165, 1.54) is 12.1 Å². The summed E-state index contributed by atoms with van der Waals surface area (Å²) in [5.74, 6) is -1.48. The predicted octanol–water partition coefficient (Wildman–Crippen LogP) is 5.88. The number of benzene rings is 2. The van der Waals surface area contributed by atoms with Crippen LogP contribution in [-0.2, 0) is 0 Å². The fourth-order valence-electron chi connectivity index (χ4n) is 2.98. The number of nitrogens with one attached hydrogen (secondary N) is 2. The number of nitrogens with zero attached hydrogens (tertiary/aromatic N) is 1. The largest absolute Gasteiger partial charge is 0.327 e. The Hall–Kier alpha value is -2.77. The number of hydrogen-bond donors (Lipinski definition) is 2. The van der Waals surface area contributed by atoms with Gasteiger partial charge < -0.3 is 0 Å². The van der Waals surface area contributed by atoms with Gasteiger partial charge in [-0.25, -0.2) is 14.2 Å². The van der Waals surface area contributed by atoms with E-state index in [4.69, 9.17) is 11.6 Å². The second kappa shape index (κ2) is 8.71. The van der Waals surface area contributed by atoms with Crippen LogP contribution in [-0.4, -0.2) is 16.9 Å². The Bertz CT molecular complexity index is 1060. The standard InChI is InChI=1S/C21H16BrClFN3O2/c1-11-10-17(25-12(2)18(11)13-6-8-14(22)9-7-13)26-21(29)27-20(28)19-15(23)4-3-5-16(19)24/h3-10H,1-2H3,(H2,25,26,27,28,29).